The Morgan fingerprint density at radius 1 is 1.13 bits per heavy atom. The zero-order chi connectivity index (χ0) is 11.9. The Morgan fingerprint density at radius 2 is 1.67 bits per heavy atom. The van der Waals surface area contributed by atoms with Gasteiger partial charge in [0, 0.05) is 11.5 Å². The number of Topliss-reactive ketones (excluding diaryl/α,β-unsaturated/α-hetero) is 1. The molecule has 1 atom stereocenters. The molecule has 0 aromatic heterocycles. The number of piperidine rings is 1. The molecule has 15 heavy (non-hydrogen) atoms. The molecule has 1 heterocycles. The molecule has 2 heteroatoms. The van der Waals surface area contributed by atoms with E-state index in [-0.39, 0.29) is 16.9 Å². The lowest BCUT2D eigenvalue weighted by Gasteiger charge is -2.43. The van der Waals surface area contributed by atoms with Crippen LogP contribution in [0.15, 0.2) is 0 Å². The van der Waals surface area contributed by atoms with Crippen LogP contribution in [0.3, 0.4) is 0 Å². The molecule has 1 unspecified atom stereocenters. The first kappa shape index (κ1) is 12.7. The van der Waals surface area contributed by atoms with Gasteiger partial charge in [0.25, 0.3) is 0 Å². The summed E-state index contributed by atoms with van der Waals surface area (Å²) in [6.45, 7) is 14.7. The van der Waals surface area contributed by atoms with Crippen LogP contribution >= 0.6 is 0 Å². The number of carbonyl (C=O) groups is 1. The van der Waals surface area contributed by atoms with Gasteiger partial charge in [-0.2, -0.15) is 0 Å². The van der Waals surface area contributed by atoms with Crippen LogP contribution in [0.25, 0.3) is 0 Å². The highest BCUT2D eigenvalue weighted by Gasteiger charge is 2.37. The van der Waals surface area contributed by atoms with Crippen molar-refractivity contribution in [2.75, 3.05) is 13.1 Å². The molecule has 0 N–H and O–H groups in total. The number of nitrogens with zero attached hydrogens (tertiary/aromatic N) is 1. The van der Waals surface area contributed by atoms with Gasteiger partial charge in [0.15, 0.2) is 0 Å². The second kappa shape index (κ2) is 3.89. The van der Waals surface area contributed by atoms with Crippen LogP contribution in [0, 0.1) is 11.3 Å². The first-order valence-electron chi connectivity index (χ1n) is 5.90. The zero-order valence-corrected chi connectivity index (χ0v) is 11.1. The van der Waals surface area contributed by atoms with E-state index >= 15 is 0 Å². The number of likely N-dealkylation sites (tertiary alicyclic amines) is 1. The molecular weight excluding hydrogens is 186 g/mol. The third-order valence-electron chi connectivity index (χ3n) is 3.42. The summed E-state index contributed by atoms with van der Waals surface area (Å²) in [5.74, 6) is 0.666. The van der Waals surface area contributed by atoms with Gasteiger partial charge in [-0.3, -0.25) is 9.69 Å². The van der Waals surface area contributed by atoms with E-state index in [1.54, 1.807) is 0 Å². The Kier molecular flexibility index (Phi) is 3.30. The smallest absolute Gasteiger partial charge is 0.150 e. The summed E-state index contributed by atoms with van der Waals surface area (Å²) < 4.78 is 0. The maximum absolute atomic E-state index is 12.1. The maximum atomic E-state index is 12.1. The Bertz CT molecular complexity index is 244. The number of hydrogen-bond acceptors (Lipinski definition) is 2. The molecule has 0 radical (unpaired) electrons. The standard InChI is InChI=1S/C13H25NO/c1-12(2,3)10-7-8-14(9-11(10)15)13(4,5)6/h10H,7-9H2,1-6H3. The van der Waals surface area contributed by atoms with Gasteiger partial charge >= 0.3 is 0 Å². The van der Waals surface area contributed by atoms with E-state index in [0.717, 1.165) is 13.0 Å². The molecule has 0 aromatic carbocycles. The van der Waals surface area contributed by atoms with Crippen LogP contribution in [0.5, 0.6) is 0 Å². The SMILES string of the molecule is CC(C)(C)C1CCN(C(C)(C)C)CC1=O. The van der Waals surface area contributed by atoms with Crippen LogP contribution in [0.2, 0.25) is 0 Å². The highest BCUT2D eigenvalue weighted by molar-refractivity contribution is 5.84. The van der Waals surface area contributed by atoms with Gasteiger partial charge in [-0.25, -0.2) is 0 Å². The maximum Gasteiger partial charge on any atom is 0.150 e. The van der Waals surface area contributed by atoms with Crippen LogP contribution in [0.1, 0.15) is 48.0 Å². The Labute approximate surface area is 94.0 Å². The van der Waals surface area contributed by atoms with E-state index in [9.17, 15) is 4.79 Å². The minimum atomic E-state index is 0.124. The quantitative estimate of drug-likeness (QED) is 0.614. The molecule has 1 rings (SSSR count). The number of carbonyl (C=O) groups excluding carboxylic acids is 1. The molecule has 0 spiro atoms. The van der Waals surface area contributed by atoms with Gasteiger partial charge in [-0.15, -0.1) is 0 Å². The molecule has 0 amide bonds. The first-order valence-corrected chi connectivity index (χ1v) is 5.90. The molecule has 88 valence electrons. The molecule has 1 aliphatic rings. The summed E-state index contributed by atoms with van der Waals surface area (Å²) >= 11 is 0. The average molecular weight is 211 g/mol. The van der Waals surface area contributed by atoms with E-state index in [0.29, 0.717) is 12.3 Å². The highest BCUT2D eigenvalue weighted by Crippen LogP contribution is 2.33. The second-order valence-electron chi connectivity index (χ2n) is 6.77. The predicted octanol–water partition coefficient (Wildman–Crippen LogP) is 2.72. The highest BCUT2D eigenvalue weighted by atomic mass is 16.1. The van der Waals surface area contributed by atoms with Crippen molar-refractivity contribution in [2.24, 2.45) is 11.3 Å². The lowest BCUT2D eigenvalue weighted by atomic mass is 9.74. The zero-order valence-electron chi connectivity index (χ0n) is 11.1. The Hall–Kier alpha value is -0.370. The monoisotopic (exact) mass is 211 g/mol. The van der Waals surface area contributed by atoms with Crippen LogP contribution in [0.4, 0.5) is 0 Å². The fraction of sp³-hybridized carbons (Fsp3) is 0.923. The van der Waals surface area contributed by atoms with Crippen molar-refractivity contribution in [1.29, 1.82) is 0 Å². The van der Waals surface area contributed by atoms with Gasteiger partial charge in [0.05, 0.1) is 6.54 Å². The third kappa shape index (κ3) is 3.04. The fourth-order valence-electron chi connectivity index (χ4n) is 2.31. The summed E-state index contributed by atoms with van der Waals surface area (Å²) in [7, 11) is 0. The minimum Gasteiger partial charge on any atom is -0.298 e. The van der Waals surface area contributed by atoms with Crippen molar-refractivity contribution >= 4 is 5.78 Å². The lowest BCUT2D eigenvalue weighted by Crippen LogP contribution is -2.52. The van der Waals surface area contributed by atoms with Gasteiger partial charge in [0.2, 0.25) is 0 Å². The summed E-state index contributed by atoms with van der Waals surface area (Å²) in [4.78, 5) is 14.3. The van der Waals surface area contributed by atoms with E-state index in [4.69, 9.17) is 0 Å². The van der Waals surface area contributed by atoms with Gasteiger partial charge in [-0.05, 0) is 39.2 Å². The molecule has 1 aliphatic heterocycles. The van der Waals surface area contributed by atoms with Crippen molar-refractivity contribution in [2.45, 2.75) is 53.5 Å². The molecular formula is C13H25NO. The summed E-state index contributed by atoms with van der Waals surface area (Å²) in [5, 5.41) is 0. The minimum absolute atomic E-state index is 0.124. The van der Waals surface area contributed by atoms with E-state index in [1.165, 1.54) is 0 Å². The third-order valence-corrected chi connectivity index (χ3v) is 3.42. The number of rotatable bonds is 0. The van der Waals surface area contributed by atoms with Crippen molar-refractivity contribution in [3.05, 3.63) is 0 Å². The molecule has 1 saturated heterocycles. The van der Waals surface area contributed by atoms with Crippen molar-refractivity contribution in [3.63, 3.8) is 0 Å². The van der Waals surface area contributed by atoms with Gasteiger partial charge < -0.3 is 0 Å². The average Bonchev–Trinajstić information content (AvgIpc) is 1.99. The Balaban J connectivity index is 2.68. The summed E-state index contributed by atoms with van der Waals surface area (Å²) in [5.41, 5.74) is 0.250. The number of ketones is 1. The molecule has 2 nitrogen and oxygen atoms in total. The van der Waals surface area contributed by atoms with E-state index < -0.39 is 0 Å². The van der Waals surface area contributed by atoms with Gasteiger partial charge in [-0.1, -0.05) is 20.8 Å². The summed E-state index contributed by atoms with van der Waals surface area (Å²) in [6, 6.07) is 0. The van der Waals surface area contributed by atoms with Crippen molar-refractivity contribution in [1.82, 2.24) is 4.90 Å². The molecule has 0 aliphatic carbocycles. The van der Waals surface area contributed by atoms with Crippen LogP contribution in [-0.2, 0) is 4.79 Å². The van der Waals surface area contributed by atoms with Crippen LogP contribution < -0.4 is 0 Å². The van der Waals surface area contributed by atoms with Crippen molar-refractivity contribution in [3.8, 4) is 0 Å². The molecule has 0 saturated carbocycles. The molecule has 1 fully saturated rings. The largest absolute Gasteiger partial charge is 0.298 e. The normalized spacial score (nSPS) is 25.7. The number of hydrogen-bond donors (Lipinski definition) is 0. The van der Waals surface area contributed by atoms with Crippen molar-refractivity contribution < 1.29 is 4.79 Å². The fourth-order valence-corrected chi connectivity index (χ4v) is 2.31. The Morgan fingerprint density at radius 3 is 2.00 bits per heavy atom. The van der Waals surface area contributed by atoms with E-state index in [2.05, 4.69) is 46.4 Å². The lowest BCUT2D eigenvalue weighted by molar-refractivity contribution is -0.132. The summed E-state index contributed by atoms with van der Waals surface area (Å²) in [6.07, 6.45) is 1.01. The second-order valence-corrected chi connectivity index (χ2v) is 6.77. The predicted molar refractivity (Wildman–Crippen MR) is 63.9 cm³/mol. The van der Waals surface area contributed by atoms with Gasteiger partial charge in [0.1, 0.15) is 5.78 Å². The molecule has 0 aromatic rings. The van der Waals surface area contributed by atoms with Crippen LogP contribution in [-0.4, -0.2) is 29.3 Å². The first-order chi connectivity index (χ1) is 6.62. The molecule has 0 bridgehead atoms. The van der Waals surface area contributed by atoms with E-state index in [1.807, 2.05) is 0 Å². The topological polar surface area (TPSA) is 20.3 Å².